The van der Waals surface area contributed by atoms with Crippen molar-refractivity contribution in [2.45, 2.75) is 51.5 Å². The Morgan fingerprint density at radius 3 is 2.39 bits per heavy atom. The molecule has 1 aromatic heterocycles. The summed E-state index contributed by atoms with van der Waals surface area (Å²) in [4.78, 5) is 43.8. The minimum absolute atomic E-state index is 0.0268. The molecule has 2 saturated heterocycles. The van der Waals surface area contributed by atoms with Crippen molar-refractivity contribution in [3.8, 4) is 0 Å². The zero-order valence-electron chi connectivity index (χ0n) is 18.6. The molecule has 1 aromatic rings. The van der Waals surface area contributed by atoms with E-state index in [-0.39, 0.29) is 30.6 Å². The SMILES string of the molecule is Cn1nc(C(=O)N2CCCC2)c2c1CCN(C(=O)CCC(=O)NCCN1CCCC1)C2. The molecule has 4 rings (SSSR count). The van der Waals surface area contributed by atoms with Gasteiger partial charge in [0, 0.05) is 76.8 Å². The Hall–Kier alpha value is -2.42. The molecule has 0 atom stereocenters. The highest BCUT2D eigenvalue weighted by atomic mass is 16.2. The van der Waals surface area contributed by atoms with E-state index in [0.717, 1.165) is 56.8 Å². The van der Waals surface area contributed by atoms with E-state index >= 15 is 0 Å². The van der Waals surface area contributed by atoms with Crippen molar-refractivity contribution in [3.05, 3.63) is 17.0 Å². The maximum atomic E-state index is 12.9. The minimum Gasteiger partial charge on any atom is -0.355 e. The highest BCUT2D eigenvalue weighted by Crippen LogP contribution is 2.25. The van der Waals surface area contributed by atoms with Gasteiger partial charge in [0.1, 0.15) is 0 Å². The summed E-state index contributed by atoms with van der Waals surface area (Å²) in [5.41, 5.74) is 2.39. The minimum atomic E-state index is -0.0727. The number of amides is 3. The maximum Gasteiger partial charge on any atom is 0.274 e. The van der Waals surface area contributed by atoms with Crippen LogP contribution >= 0.6 is 0 Å². The van der Waals surface area contributed by atoms with Gasteiger partial charge in [-0.2, -0.15) is 5.10 Å². The van der Waals surface area contributed by atoms with Crippen molar-refractivity contribution >= 4 is 17.7 Å². The van der Waals surface area contributed by atoms with Gasteiger partial charge in [-0.3, -0.25) is 19.1 Å². The van der Waals surface area contributed by atoms with Gasteiger partial charge in [-0.25, -0.2) is 0 Å². The fourth-order valence-corrected chi connectivity index (χ4v) is 4.87. The highest BCUT2D eigenvalue weighted by Gasteiger charge is 2.32. The largest absolute Gasteiger partial charge is 0.355 e. The number of likely N-dealkylation sites (tertiary alicyclic amines) is 2. The normalized spacial score (nSPS) is 19.0. The zero-order valence-corrected chi connectivity index (χ0v) is 18.6. The molecule has 0 bridgehead atoms. The number of carbonyl (C=O) groups excluding carboxylic acids is 3. The van der Waals surface area contributed by atoms with Crippen molar-refractivity contribution in [1.82, 2.24) is 29.8 Å². The highest BCUT2D eigenvalue weighted by molar-refractivity contribution is 5.94. The van der Waals surface area contributed by atoms with Crippen LogP contribution in [0.2, 0.25) is 0 Å². The van der Waals surface area contributed by atoms with Crippen molar-refractivity contribution in [1.29, 1.82) is 0 Å². The van der Waals surface area contributed by atoms with Crippen LogP contribution in [0.25, 0.3) is 0 Å². The molecule has 0 radical (unpaired) electrons. The van der Waals surface area contributed by atoms with Crippen LogP contribution in [-0.2, 0) is 29.6 Å². The predicted molar refractivity (Wildman–Crippen MR) is 115 cm³/mol. The second kappa shape index (κ2) is 9.80. The molecular weight excluding hydrogens is 396 g/mol. The zero-order chi connectivity index (χ0) is 21.8. The third-order valence-corrected chi connectivity index (χ3v) is 6.71. The Balaban J connectivity index is 1.28. The van der Waals surface area contributed by atoms with E-state index in [1.54, 1.807) is 9.58 Å². The van der Waals surface area contributed by atoms with E-state index < -0.39 is 0 Å². The van der Waals surface area contributed by atoms with Crippen LogP contribution in [0.3, 0.4) is 0 Å². The van der Waals surface area contributed by atoms with E-state index in [2.05, 4.69) is 15.3 Å². The number of rotatable bonds is 7. The summed E-state index contributed by atoms with van der Waals surface area (Å²) in [6.45, 7) is 6.29. The van der Waals surface area contributed by atoms with Gasteiger partial charge in [-0.05, 0) is 38.8 Å². The molecule has 9 nitrogen and oxygen atoms in total. The molecule has 3 aliphatic heterocycles. The monoisotopic (exact) mass is 430 g/mol. The van der Waals surface area contributed by atoms with E-state index in [1.807, 2.05) is 11.9 Å². The van der Waals surface area contributed by atoms with E-state index in [9.17, 15) is 14.4 Å². The second-order valence-corrected chi connectivity index (χ2v) is 8.86. The molecule has 3 amide bonds. The molecule has 170 valence electrons. The predicted octanol–water partition coefficient (Wildman–Crippen LogP) is 0.533. The Bertz CT molecular complexity index is 823. The standard InChI is InChI=1S/C22H34N6O3/c1-25-18-8-14-28(16-17(18)21(24-25)22(31)27-12-4-5-13-27)20(30)7-6-19(29)23-9-15-26-10-2-3-11-26/h2-16H2,1H3,(H,23,29). The number of aromatic nitrogens is 2. The van der Waals surface area contributed by atoms with Crippen LogP contribution < -0.4 is 5.32 Å². The summed E-state index contributed by atoms with van der Waals surface area (Å²) in [6.07, 6.45) is 5.62. The number of carbonyl (C=O) groups is 3. The Morgan fingerprint density at radius 2 is 1.65 bits per heavy atom. The van der Waals surface area contributed by atoms with Gasteiger partial charge in [0.15, 0.2) is 5.69 Å². The summed E-state index contributed by atoms with van der Waals surface area (Å²) >= 11 is 0. The number of hydrogen-bond donors (Lipinski definition) is 1. The molecule has 0 spiro atoms. The Kier molecular flexibility index (Phi) is 6.89. The summed E-state index contributed by atoms with van der Waals surface area (Å²) < 4.78 is 1.79. The molecule has 0 unspecified atom stereocenters. The van der Waals surface area contributed by atoms with Gasteiger partial charge in [-0.15, -0.1) is 0 Å². The molecular formula is C22H34N6O3. The van der Waals surface area contributed by atoms with Gasteiger partial charge in [0.25, 0.3) is 5.91 Å². The van der Waals surface area contributed by atoms with E-state index in [4.69, 9.17) is 0 Å². The van der Waals surface area contributed by atoms with Crippen LogP contribution in [0.5, 0.6) is 0 Å². The molecule has 0 saturated carbocycles. The molecule has 4 heterocycles. The van der Waals surface area contributed by atoms with E-state index in [0.29, 0.717) is 31.7 Å². The first-order chi connectivity index (χ1) is 15.0. The molecule has 2 fully saturated rings. The van der Waals surface area contributed by atoms with Crippen molar-refractivity contribution in [3.63, 3.8) is 0 Å². The molecule has 1 N–H and O–H groups in total. The number of fused-ring (bicyclic) bond motifs is 1. The average molecular weight is 431 g/mol. The quantitative estimate of drug-likeness (QED) is 0.682. The fraction of sp³-hybridized carbons (Fsp3) is 0.727. The van der Waals surface area contributed by atoms with Crippen LogP contribution in [0.1, 0.15) is 60.3 Å². The third kappa shape index (κ3) is 5.08. The lowest BCUT2D eigenvalue weighted by atomic mass is 10.0. The smallest absolute Gasteiger partial charge is 0.274 e. The number of nitrogens with zero attached hydrogens (tertiary/aromatic N) is 5. The second-order valence-electron chi connectivity index (χ2n) is 8.86. The van der Waals surface area contributed by atoms with Crippen molar-refractivity contribution in [2.24, 2.45) is 7.05 Å². The van der Waals surface area contributed by atoms with Gasteiger partial charge < -0.3 is 20.0 Å². The van der Waals surface area contributed by atoms with Crippen molar-refractivity contribution < 1.29 is 14.4 Å². The van der Waals surface area contributed by atoms with Crippen LogP contribution in [0, 0.1) is 0 Å². The third-order valence-electron chi connectivity index (χ3n) is 6.71. The lowest BCUT2D eigenvalue weighted by Gasteiger charge is -2.28. The molecule has 3 aliphatic rings. The topological polar surface area (TPSA) is 90.8 Å². The van der Waals surface area contributed by atoms with Gasteiger partial charge in [0.05, 0.1) is 0 Å². The first kappa shape index (κ1) is 21.8. The average Bonchev–Trinajstić information content (AvgIpc) is 3.53. The summed E-state index contributed by atoms with van der Waals surface area (Å²) in [7, 11) is 1.86. The fourth-order valence-electron chi connectivity index (χ4n) is 4.87. The van der Waals surface area contributed by atoms with Crippen LogP contribution in [-0.4, -0.2) is 88.0 Å². The van der Waals surface area contributed by atoms with Crippen LogP contribution in [0.15, 0.2) is 0 Å². The molecule has 31 heavy (non-hydrogen) atoms. The molecule has 9 heteroatoms. The Morgan fingerprint density at radius 1 is 0.935 bits per heavy atom. The summed E-state index contributed by atoms with van der Waals surface area (Å²) in [6, 6.07) is 0. The summed E-state index contributed by atoms with van der Waals surface area (Å²) in [5, 5.41) is 7.42. The van der Waals surface area contributed by atoms with Gasteiger partial charge in [0.2, 0.25) is 11.8 Å². The maximum absolute atomic E-state index is 12.9. The Labute approximate surface area is 183 Å². The van der Waals surface area contributed by atoms with Crippen molar-refractivity contribution in [2.75, 3.05) is 45.8 Å². The van der Waals surface area contributed by atoms with E-state index in [1.165, 1.54) is 12.8 Å². The molecule has 0 aromatic carbocycles. The number of hydrogen-bond acceptors (Lipinski definition) is 5. The number of aryl methyl sites for hydroxylation is 1. The van der Waals surface area contributed by atoms with Gasteiger partial charge in [-0.1, -0.05) is 0 Å². The van der Waals surface area contributed by atoms with Gasteiger partial charge >= 0.3 is 0 Å². The lowest BCUT2D eigenvalue weighted by molar-refractivity contribution is -0.134. The molecule has 0 aliphatic carbocycles. The first-order valence-electron chi connectivity index (χ1n) is 11.6. The summed E-state index contributed by atoms with van der Waals surface area (Å²) in [5.74, 6) is -0.138. The van der Waals surface area contributed by atoms with Crippen LogP contribution in [0.4, 0.5) is 0 Å². The first-order valence-corrected chi connectivity index (χ1v) is 11.6. The number of nitrogens with one attached hydrogen (secondary N) is 1. The lowest BCUT2D eigenvalue weighted by Crippen LogP contribution is -2.38.